The first kappa shape index (κ1) is 15.0. The van der Waals surface area contributed by atoms with Crippen LogP contribution in [0.1, 0.15) is 23.8 Å². The van der Waals surface area contributed by atoms with Gasteiger partial charge in [0.25, 0.3) is 0 Å². The van der Waals surface area contributed by atoms with Crippen molar-refractivity contribution in [2.45, 2.75) is 30.1 Å². The molecule has 0 saturated carbocycles. The third-order valence-electron chi connectivity index (χ3n) is 3.86. The molecule has 0 spiro atoms. The van der Waals surface area contributed by atoms with Crippen LogP contribution in [0.15, 0.2) is 53.4 Å². The average Bonchev–Trinajstić information content (AvgIpc) is 3.04. The summed E-state index contributed by atoms with van der Waals surface area (Å²) in [6, 6.07) is 16.5. The first-order valence-electron chi connectivity index (χ1n) is 7.46. The summed E-state index contributed by atoms with van der Waals surface area (Å²) < 4.78 is 11.7. The first-order valence-corrected chi connectivity index (χ1v) is 9.90. The Hall–Kier alpha value is -1.55. The van der Waals surface area contributed by atoms with Crippen molar-refractivity contribution in [1.29, 1.82) is 0 Å². The summed E-state index contributed by atoms with van der Waals surface area (Å²) in [5.74, 6) is 0.903. The van der Waals surface area contributed by atoms with Crippen molar-refractivity contribution in [1.82, 2.24) is 9.19 Å². The van der Waals surface area contributed by atoms with Crippen molar-refractivity contribution >= 4 is 26.5 Å². The summed E-state index contributed by atoms with van der Waals surface area (Å²) in [6.45, 7) is 5.10. The molecule has 1 aliphatic rings. The van der Waals surface area contributed by atoms with E-state index in [0.29, 0.717) is 6.61 Å². The zero-order valence-electron chi connectivity index (χ0n) is 12.9. The van der Waals surface area contributed by atoms with Gasteiger partial charge in [-0.05, 0) is 0 Å². The Morgan fingerprint density at radius 1 is 1.13 bits per heavy atom. The van der Waals surface area contributed by atoms with Gasteiger partial charge in [-0.1, -0.05) is 0 Å². The van der Waals surface area contributed by atoms with E-state index < -0.39 is 0 Å². The number of ether oxygens (including phenoxy) is 1. The maximum atomic E-state index is 5.96. The van der Waals surface area contributed by atoms with Crippen LogP contribution in [0, 0.1) is 0 Å². The van der Waals surface area contributed by atoms with E-state index in [1.165, 1.54) is 20.5 Å². The number of fused-ring (bicyclic) bond motifs is 3. The molecular weight excluding hydrogens is 371 g/mol. The number of benzene rings is 2. The normalized spacial score (nSPS) is 14.9. The van der Waals surface area contributed by atoms with Gasteiger partial charge in [-0.25, -0.2) is 0 Å². The SMILES string of the molecule is CC1(C)Sc2cc(OCc3ccccc3)ccc2-c2nn[se]c21. The third kappa shape index (κ3) is 2.85. The molecule has 5 heteroatoms. The molecule has 1 aromatic heterocycles. The van der Waals surface area contributed by atoms with E-state index in [4.69, 9.17) is 4.74 Å². The summed E-state index contributed by atoms with van der Waals surface area (Å²) in [5.41, 5.74) is 3.45. The Morgan fingerprint density at radius 2 is 1.96 bits per heavy atom. The number of hydrogen-bond donors (Lipinski definition) is 0. The van der Waals surface area contributed by atoms with Gasteiger partial charge in [0, 0.05) is 0 Å². The minimum atomic E-state index is 0.0594. The van der Waals surface area contributed by atoms with Crippen LogP contribution >= 0.6 is 11.8 Å². The Labute approximate surface area is 146 Å². The molecule has 4 rings (SSSR count). The fraction of sp³-hybridized carbons (Fsp3) is 0.222. The van der Waals surface area contributed by atoms with Gasteiger partial charge >= 0.3 is 146 Å². The van der Waals surface area contributed by atoms with Gasteiger partial charge in [-0.2, -0.15) is 0 Å². The fourth-order valence-corrected chi connectivity index (χ4v) is 5.73. The summed E-state index contributed by atoms with van der Waals surface area (Å²) in [4.78, 5) is 1.23. The molecule has 116 valence electrons. The van der Waals surface area contributed by atoms with Gasteiger partial charge in [0.05, 0.1) is 0 Å². The molecule has 0 bridgehead atoms. The van der Waals surface area contributed by atoms with Crippen molar-refractivity contribution in [3.63, 3.8) is 0 Å². The van der Waals surface area contributed by atoms with E-state index in [2.05, 4.69) is 47.3 Å². The standard InChI is InChI=1S/C18H16N2OSSe/c1-18(2)17-16(19-20-23-17)14-9-8-13(10-15(14)22-18)21-11-12-6-4-3-5-7-12/h3-10H,11H2,1-2H3. The zero-order chi connectivity index (χ0) is 15.9. The molecule has 2 aromatic carbocycles. The van der Waals surface area contributed by atoms with Crippen molar-refractivity contribution in [2.24, 2.45) is 0 Å². The molecule has 3 aromatic rings. The summed E-state index contributed by atoms with van der Waals surface area (Å²) >= 11 is 2.03. The summed E-state index contributed by atoms with van der Waals surface area (Å²) in [6.07, 6.45) is 0. The molecule has 0 fully saturated rings. The van der Waals surface area contributed by atoms with Gasteiger partial charge < -0.3 is 0 Å². The van der Waals surface area contributed by atoms with Crippen LogP contribution in [0.5, 0.6) is 5.75 Å². The number of hydrogen-bond acceptors (Lipinski definition) is 4. The van der Waals surface area contributed by atoms with Crippen LogP contribution in [0.2, 0.25) is 0 Å². The number of aromatic nitrogens is 2. The predicted molar refractivity (Wildman–Crippen MR) is 94.1 cm³/mol. The van der Waals surface area contributed by atoms with Crippen LogP contribution in [0.4, 0.5) is 0 Å². The van der Waals surface area contributed by atoms with Crippen molar-refractivity contribution in [3.8, 4) is 17.0 Å². The van der Waals surface area contributed by atoms with Crippen molar-refractivity contribution in [3.05, 3.63) is 58.5 Å². The maximum absolute atomic E-state index is 5.96. The summed E-state index contributed by atoms with van der Waals surface area (Å²) in [7, 11) is 0. The second kappa shape index (κ2) is 5.82. The molecular formula is C18H16N2OSSe. The Bertz CT molecular complexity index is 845. The van der Waals surface area contributed by atoms with Gasteiger partial charge in [-0.15, -0.1) is 0 Å². The van der Waals surface area contributed by atoms with E-state index >= 15 is 0 Å². The molecule has 3 nitrogen and oxygen atoms in total. The molecule has 2 heterocycles. The van der Waals surface area contributed by atoms with E-state index in [9.17, 15) is 0 Å². The number of nitrogens with zero attached hydrogens (tertiary/aromatic N) is 2. The fourth-order valence-electron chi connectivity index (χ4n) is 2.70. The Morgan fingerprint density at radius 3 is 2.78 bits per heavy atom. The number of thioether (sulfide) groups is 1. The minimum absolute atomic E-state index is 0.0594. The molecule has 0 atom stereocenters. The Kier molecular flexibility index (Phi) is 3.80. The first-order chi connectivity index (χ1) is 11.1. The quantitative estimate of drug-likeness (QED) is 0.634. The monoisotopic (exact) mass is 388 g/mol. The van der Waals surface area contributed by atoms with E-state index in [0.717, 1.165) is 11.4 Å². The van der Waals surface area contributed by atoms with Crippen LogP contribution in [-0.4, -0.2) is 23.9 Å². The van der Waals surface area contributed by atoms with Crippen LogP contribution in [0.3, 0.4) is 0 Å². The number of rotatable bonds is 3. The molecule has 0 amide bonds. The van der Waals surface area contributed by atoms with E-state index in [-0.39, 0.29) is 19.5 Å². The van der Waals surface area contributed by atoms with Crippen LogP contribution in [-0.2, 0) is 11.4 Å². The average molecular weight is 387 g/mol. The van der Waals surface area contributed by atoms with Crippen molar-refractivity contribution in [2.75, 3.05) is 0 Å². The molecule has 1 aliphatic heterocycles. The predicted octanol–water partition coefficient (Wildman–Crippen LogP) is 4.12. The second-order valence-electron chi connectivity index (χ2n) is 6.00. The van der Waals surface area contributed by atoms with Gasteiger partial charge in [0.2, 0.25) is 0 Å². The summed E-state index contributed by atoms with van der Waals surface area (Å²) in [5, 5.41) is 4.40. The Balaban J connectivity index is 1.62. The van der Waals surface area contributed by atoms with Crippen LogP contribution < -0.4 is 4.74 Å². The third-order valence-corrected chi connectivity index (χ3v) is 7.62. The molecule has 0 saturated heterocycles. The topological polar surface area (TPSA) is 35.0 Å². The molecule has 0 aliphatic carbocycles. The van der Waals surface area contributed by atoms with Gasteiger partial charge in [0.15, 0.2) is 0 Å². The van der Waals surface area contributed by atoms with Crippen LogP contribution in [0.25, 0.3) is 11.3 Å². The molecule has 0 unspecified atom stereocenters. The van der Waals surface area contributed by atoms with E-state index in [1.807, 2.05) is 36.0 Å². The zero-order valence-corrected chi connectivity index (χ0v) is 15.5. The van der Waals surface area contributed by atoms with Gasteiger partial charge in [0.1, 0.15) is 0 Å². The van der Waals surface area contributed by atoms with E-state index in [1.54, 1.807) is 0 Å². The molecule has 0 radical (unpaired) electrons. The molecule has 0 N–H and O–H groups in total. The second-order valence-corrected chi connectivity index (χ2v) is 9.24. The molecule has 23 heavy (non-hydrogen) atoms. The van der Waals surface area contributed by atoms with Gasteiger partial charge in [-0.3, -0.25) is 0 Å². The van der Waals surface area contributed by atoms with Crippen molar-refractivity contribution < 1.29 is 4.74 Å².